The number of carbonyl (C=O) groups is 4. The summed E-state index contributed by atoms with van der Waals surface area (Å²) in [5.74, 6) is -0.552. The van der Waals surface area contributed by atoms with Gasteiger partial charge in [-0.3, -0.25) is 19.3 Å². The molecule has 0 aromatic heterocycles. The van der Waals surface area contributed by atoms with E-state index in [1.807, 2.05) is 0 Å². The molecule has 1 fully saturated rings. The van der Waals surface area contributed by atoms with Crippen LogP contribution in [0.15, 0.2) is 47.4 Å². The molecule has 172 valence electrons. The van der Waals surface area contributed by atoms with Crippen molar-refractivity contribution in [3.8, 4) is 11.5 Å². The molecule has 9 nitrogen and oxygen atoms in total. The number of benzene rings is 2. The molecule has 2 aromatic rings. The van der Waals surface area contributed by atoms with Crippen molar-refractivity contribution in [1.29, 1.82) is 0 Å². The number of hydrogen-bond acceptors (Lipinski definition) is 8. The number of esters is 1. The predicted molar refractivity (Wildman–Crippen MR) is 123 cm³/mol. The third kappa shape index (κ3) is 5.72. The number of amides is 3. The lowest BCUT2D eigenvalue weighted by Gasteiger charge is -2.12. The molecule has 33 heavy (non-hydrogen) atoms. The molecule has 1 aliphatic rings. The summed E-state index contributed by atoms with van der Waals surface area (Å²) in [6.07, 6.45) is 1.55. The van der Waals surface area contributed by atoms with Crippen molar-refractivity contribution in [3.63, 3.8) is 0 Å². The Hall–Kier alpha value is -3.79. The number of nitrogens with zero attached hydrogens (tertiary/aromatic N) is 1. The summed E-state index contributed by atoms with van der Waals surface area (Å²) in [4.78, 5) is 50.2. The zero-order valence-electron chi connectivity index (χ0n) is 18.2. The number of anilines is 1. The second-order valence-electron chi connectivity index (χ2n) is 6.73. The van der Waals surface area contributed by atoms with Gasteiger partial charge in [0.2, 0.25) is 5.91 Å². The first-order valence-electron chi connectivity index (χ1n) is 9.90. The molecule has 0 radical (unpaired) electrons. The number of rotatable bonds is 8. The SMILES string of the molecule is CCOC(=O)c1ccc(NC(=O)CN2C(=O)S/C(=C\c3ccc(OC)c(OC)c3)C2=O)cc1. The molecule has 0 aliphatic carbocycles. The van der Waals surface area contributed by atoms with E-state index >= 15 is 0 Å². The van der Waals surface area contributed by atoms with Crippen LogP contribution in [0.3, 0.4) is 0 Å². The Balaban J connectivity index is 1.65. The second-order valence-corrected chi connectivity index (χ2v) is 7.72. The average molecular weight is 471 g/mol. The Morgan fingerprint density at radius 1 is 1.03 bits per heavy atom. The highest BCUT2D eigenvalue weighted by atomic mass is 32.2. The number of imide groups is 1. The predicted octanol–water partition coefficient (Wildman–Crippen LogP) is 3.56. The number of thioether (sulfide) groups is 1. The number of nitrogens with one attached hydrogen (secondary N) is 1. The van der Waals surface area contributed by atoms with Crippen molar-refractivity contribution in [1.82, 2.24) is 4.90 Å². The Labute approximate surface area is 194 Å². The molecule has 1 heterocycles. The lowest BCUT2D eigenvalue weighted by Crippen LogP contribution is -2.36. The monoisotopic (exact) mass is 470 g/mol. The van der Waals surface area contributed by atoms with Crippen molar-refractivity contribution in [3.05, 3.63) is 58.5 Å². The maximum absolute atomic E-state index is 12.7. The van der Waals surface area contributed by atoms with Crippen molar-refractivity contribution in [2.45, 2.75) is 6.92 Å². The first kappa shape index (κ1) is 23.9. The van der Waals surface area contributed by atoms with E-state index in [0.717, 1.165) is 16.7 Å². The Morgan fingerprint density at radius 3 is 2.36 bits per heavy atom. The highest BCUT2D eigenvalue weighted by molar-refractivity contribution is 8.18. The smallest absolute Gasteiger partial charge is 0.338 e. The van der Waals surface area contributed by atoms with Gasteiger partial charge >= 0.3 is 5.97 Å². The maximum atomic E-state index is 12.7. The fourth-order valence-electron chi connectivity index (χ4n) is 2.98. The van der Waals surface area contributed by atoms with Crippen LogP contribution in [0.25, 0.3) is 6.08 Å². The summed E-state index contributed by atoms with van der Waals surface area (Å²) in [5.41, 5.74) is 1.41. The topological polar surface area (TPSA) is 111 Å². The fraction of sp³-hybridized carbons (Fsp3) is 0.217. The first-order valence-corrected chi connectivity index (χ1v) is 10.7. The standard InChI is InChI=1S/C23H22N2O7S/c1-4-32-22(28)15-6-8-16(9-7-15)24-20(26)13-25-21(27)19(33-23(25)29)12-14-5-10-17(30-2)18(11-14)31-3/h5-12H,4,13H2,1-3H3,(H,24,26)/b19-12-. The average Bonchev–Trinajstić information content (AvgIpc) is 3.06. The van der Waals surface area contributed by atoms with Gasteiger partial charge in [-0.15, -0.1) is 0 Å². The van der Waals surface area contributed by atoms with Crippen LogP contribution in [0.2, 0.25) is 0 Å². The van der Waals surface area contributed by atoms with Crippen LogP contribution in [-0.4, -0.2) is 55.3 Å². The van der Waals surface area contributed by atoms with Crippen molar-refractivity contribution in [2.24, 2.45) is 0 Å². The summed E-state index contributed by atoms with van der Waals surface area (Å²) in [5, 5.41) is 2.06. The fourth-order valence-corrected chi connectivity index (χ4v) is 3.82. The van der Waals surface area contributed by atoms with Gasteiger partial charge in [-0.1, -0.05) is 6.07 Å². The van der Waals surface area contributed by atoms with Gasteiger partial charge < -0.3 is 19.5 Å². The minimum absolute atomic E-state index is 0.193. The number of ether oxygens (including phenoxy) is 3. The molecule has 3 rings (SSSR count). The largest absolute Gasteiger partial charge is 0.493 e. The minimum atomic E-state index is -0.562. The Morgan fingerprint density at radius 2 is 1.73 bits per heavy atom. The maximum Gasteiger partial charge on any atom is 0.338 e. The van der Waals surface area contributed by atoms with Gasteiger partial charge in [-0.2, -0.15) is 0 Å². The van der Waals surface area contributed by atoms with E-state index in [1.165, 1.54) is 38.5 Å². The minimum Gasteiger partial charge on any atom is -0.493 e. The summed E-state index contributed by atoms with van der Waals surface area (Å²) in [7, 11) is 3.02. The molecular formula is C23H22N2O7S. The third-order valence-electron chi connectivity index (χ3n) is 4.56. The van der Waals surface area contributed by atoms with E-state index in [9.17, 15) is 19.2 Å². The molecule has 0 saturated carbocycles. The molecule has 10 heteroatoms. The van der Waals surface area contributed by atoms with E-state index in [1.54, 1.807) is 31.2 Å². The third-order valence-corrected chi connectivity index (χ3v) is 5.47. The highest BCUT2D eigenvalue weighted by Crippen LogP contribution is 2.34. The molecule has 1 saturated heterocycles. The zero-order valence-corrected chi connectivity index (χ0v) is 19.1. The Bertz CT molecular complexity index is 1110. The second kappa shape index (κ2) is 10.7. The molecule has 1 aliphatic heterocycles. The molecule has 0 bridgehead atoms. The van der Waals surface area contributed by atoms with Gasteiger partial charge in [0.25, 0.3) is 11.1 Å². The van der Waals surface area contributed by atoms with Gasteiger partial charge in [-0.25, -0.2) is 4.79 Å². The first-order chi connectivity index (χ1) is 15.9. The van der Waals surface area contributed by atoms with Crippen LogP contribution < -0.4 is 14.8 Å². The quantitative estimate of drug-likeness (QED) is 0.461. The zero-order chi connectivity index (χ0) is 24.0. The summed E-state index contributed by atoms with van der Waals surface area (Å²) in [6.45, 7) is 1.53. The van der Waals surface area contributed by atoms with Crippen LogP contribution in [0, 0.1) is 0 Å². The van der Waals surface area contributed by atoms with E-state index in [4.69, 9.17) is 14.2 Å². The van der Waals surface area contributed by atoms with Gasteiger partial charge in [0.15, 0.2) is 11.5 Å². The van der Waals surface area contributed by atoms with Crippen LogP contribution >= 0.6 is 11.8 Å². The van der Waals surface area contributed by atoms with Gasteiger partial charge in [0.1, 0.15) is 6.54 Å². The van der Waals surface area contributed by atoms with Gasteiger partial charge in [0.05, 0.1) is 31.3 Å². The summed E-state index contributed by atoms with van der Waals surface area (Å²) in [6, 6.07) is 11.2. The van der Waals surface area contributed by atoms with Crippen molar-refractivity contribution < 1.29 is 33.4 Å². The lowest BCUT2D eigenvalue weighted by molar-refractivity contribution is -0.127. The molecule has 0 unspecified atom stereocenters. The molecule has 0 atom stereocenters. The molecule has 3 amide bonds. The van der Waals surface area contributed by atoms with Gasteiger partial charge in [0, 0.05) is 5.69 Å². The molecular weight excluding hydrogens is 448 g/mol. The molecule has 2 aromatic carbocycles. The number of methoxy groups -OCH3 is 2. The van der Waals surface area contributed by atoms with Crippen LogP contribution in [0.4, 0.5) is 10.5 Å². The summed E-state index contributed by atoms with van der Waals surface area (Å²) < 4.78 is 15.4. The van der Waals surface area contributed by atoms with E-state index < -0.39 is 29.6 Å². The number of hydrogen-bond donors (Lipinski definition) is 1. The van der Waals surface area contributed by atoms with Crippen LogP contribution in [0.1, 0.15) is 22.8 Å². The van der Waals surface area contributed by atoms with Crippen LogP contribution in [-0.2, 0) is 14.3 Å². The van der Waals surface area contributed by atoms with Crippen molar-refractivity contribution >= 4 is 46.5 Å². The highest BCUT2D eigenvalue weighted by Gasteiger charge is 2.36. The summed E-state index contributed by atoms with van der Waals surface area (Å²) >= 11 is 0.753. The Kier molecular flexibility index (Phi) is 7.73. The normalized spacial score (nSPS) is 14.4. The molecule has 1 N–H and O–H groups in total. The van der Waals surface area contributed by atoms with E-state index in [2.05, 4.69) is 5.32 Å². The van der Waals surface area contributed by atoms with E-state index in [0.29, 0.717) is 28.3 Å². The van der Waals surface area contributed by atoms with Crippen molar-refractivity contribution in [2.75, 3.05) is 32.7 Å². The van der Waals surface area contributed by atoms with E-state index in [-0.39, 0.29) is 11.5 Å². The van der Waals surface area contributed by atoms with Gasteiger partial charge in [-0.05, 0) is 66.7 Å². The molecule has 0 spiro atoms. The van der Waals surface area contributed by atoms with Crippen LogP contribution in [0.5, 0.6) is 11.5 Å². The lowest BCUT2D eigenvalue weighted by atomic mass is 10.2. The number of carbonyl (C=O) groups excluding carboxylic acids is 4.